The maximum Gasteiger partial charge on any atom is 0.416 e. The molecule has 0 spiro atoms. The van der Waals surface area contributed by atoms with Gasteiger partial charge in [-0.05, 0) is 55.5 Å². The van der Waals surface area contributed by atoms with Crippen LogP contribution in [0.25, 0.3) is 0 Å². The smallest absolute Gasteiger partial charge is 0.352 e. The van der Waals surface area contributed by atoms with E-state index in [0.29, 0.717) is 24.4 Å². The van der Waals surface area contributed by atoms with Gasteiger partial charge in [0, 0.05) is 31.6 Å². The number of carbonyl (C=O) groups is 1. The van der Waals surface area contributed by atoms with Crippen LogP contribution in [0.4, 0.5) is 17.6 Å². The van der Waals surface area contributed by atoms with Gasteiger partial charge in [0.05, 0.1) is 5.56 Å². The van der Waals surface area contributed by atoms with Crippen molar-refractivity contribution in [3.05, 3.63) is 71.0 Å². The van der Waals surface area contributed by atoms with Gasteiger partial charge in [0.2, 0.25) is 5.91 Å². The number of alkyl halides is 3. The molecule has 162 valence electrons. The van der Waals surface area contributed by atoms with E-state index in [4.69, 9.17) is 0 Å². The first-order chi connectivity index (χ1) is 14.3. The molecular weight excluding hydrogens is 396 g/mol. The summed E-state index contributed by atoms with van der Waals surface area (Å²) in [6, 6.07) is 11.7. The van der Waals surface area contributed by atoms with Crippen molar-refractivity contribution in [3.63, 3.8) is 0 Å². The summed E-state index contributed by atoms with van der Waals surface area (Å²) in [5.41, 5.74) is 0.682. The summed E-state index contributed by atoms with van der Waals surface area (Å²) in [6.45, 7) is 2.50. The molecule has 0 bridgehead atoms. The Morgan fingerprint density at radius 3 is 2.53 bits per heavy atom. The second-order valence-corrected chi connectivity index (χ2v) is 7.84. The fourth-order valence-electron chi connectivity index (χ4n) is 3.85. The van der Waals surface area contributed by atoms with Crippen molar-refractivity contribution < 1.29 is 22.4 Å². The second kappa shape index (κ2) is 10.1. The van der Waals surface area contributed by atoms with Crippen molar-refractivity contribution in [2.24, 2.45) is 5.92 Å². The predicted octanol–water partition coefficient (Wildman–Crippen LogP) is 5.15. The molecule has 0 aromatic heterocycles. The Morgan fingerprint density at radius 2 is 1.83 bits per heavy atom. The maximum absolute atomic E-state index is 13.6. The molecule has 7 heteroatoms. The first-order valence-corrected chi connectivity index (χ1v) is 10.2. The van der Waals surface area contributed by atoms with Gasteiger partial charge in [0.25, 0.3) is 0 Å². The number of hydrogen-bond donors (Lipinski definition) is 1. The van der Waals surface area contributed by atoms with Crippen LogP contribution in [-0.2, 0) is 24.1 Å². The number of nitrogens with zero attached hydrogens (tertiary/aromatic N) is 1. The summed E-state index contributed by atoms with van der Waals surface area (Å²) < 4.78 is 51.7. The Labute approximate surface area is 174 Å². The van der Waals surface area contributed by atoms with E-state index in [1.54, 1.807) is 18.2 Å². The van der Waals surface area contributed by atoms with Gasteiger partial charge in [-0.15, -0.1) is 0 Å². The van der Waals surface area contributed by atoms with Crippen molar-refractivity contribution in [1.29, 1.82) is 0 Å². The molecule has 1 amide bonds. The van der Waals surface area contributed by atoms with Gasteiger partial charge < -0.3 is 5.32 Å². The van der Waals surface area contributed by atoms with E-state index in [1.807, 2.05) is 0 Å². The lowest BCUT2D eigenvalue weighted by Crippen LogP contribution is -2.35. The van der Waals surface area contributed by atoms with Crippen LogP contribution in [0.2, 0.25) is 0 Å². The van der Waals surface area contributed by atoms with Gasteiger partial charge in [-0.1, -0.05) is 30.3 Å². The number of nitrogens with one attached hydrogen (secondary N) is 1. The lowest BCUT2D eigenvalue weighted by atomic mass is 9.93. The molecule has 2 aromatic carbocycles. The highest BCUT2D eigenvalue weighted by Gasteiger charge is 2.30. The zero-order valence-electron chi connectivity index (χ0n) is 16.7. The molecule has 3 nitrogen and oxygen atoms in total. The molecule has 30 heavy (non-hydrogen) atoms. The quantitative estimate of drug-likeness (QED) is 0.626. The van der Waals surface area contributed by atoms with E-state index in [2.05, 4.69) is 10.2 Å². The van der Waals surface area contributed by atoms with Gasteiger partial charge >= 0.3 is 6.18 Å². The van der Waals surface area contributed by atoms with E-state index in [-0.39, 0.29) is 18.3 Å². The summed E-state index contributed by atoms with van der Waals surface area (Å²) in [5, 5.41) is 2.76. The van der Waals surface area contributed by atoms with Crippen molar-refractivity contribution in [2.45, 2.75) is 44.9 Å². The topological polar surface area (TPSA) is 32.3 Å². The van der Waals surface area contributed by atoms with Gasteiger partial charge in [0.1, 0.15) is 5.82 Å². The molecule has 0 saturated carbocycles. The molecule has 1 N–H and O–H groups in total. The van der Waals surface area contributed by atoms with E-state index < -0.39 is 11.7 Å². The summed E-state index contributed by atoms with van der Waals surface area (Å²) in [4.78, 5) is 14.3. The van der Waals surface area contributed by atoms with Gasteiger partial charge in [0.15, 0.2) is 0 Å². The fraction of sp³-hybridized carbons (Fsp3) is 0.435. The molecule has 1 heterocycles. The minimum Gasteiger partial charge on any atom is -0.352 e. The van der Waals surface area contributed by atoms with Gasteiger partial charge in [-0.25, -0.2) is 4.39 Å². The molecule has 1 aliphatic rings. The van der Waals surface area contributed by atoms with Crippen LogP contribution in [0.5, 0.6) is 0 Å². The average molecular weight is 422 g/mol. The molecule has 1 saturated heterocycles. The second-order valence-electron chi connectivity index (χ2n) is 7.84. The fourth-order valence-corrected chi connectivity index (χ4v) is 3.85. The third-order valence-corrected chi connectivity index (χ3v) is 5.50. The van der Waals surface area contributed by atoms with Crippen LogP contribution in [0, 0.1) is 11.7 Å². The van der Waals surface area contributed by atoms with Crippen LogP contribution in [0.15, 0.2) is 48.5 Å². The first-order valence-electron chi connectivity index (χ1n) is 10.2. The number of piperidine rings is 1. The van der Waals surface area contributed by atoms with Crippen molar-refractivity contribution >= 4 is 5.91 Å². The number of halogens is 4. The zero-order chi connectivity index (χ0) is 21.6. The maximum atomic E-state index is 13.6. The third kappa shape index (κ3) is 6.55. The highest BCUT2D eigenvalue weighted by molar-refractivity contribution is 5.75. The molecule has 1 fully saturated rings. The third-order valence-electron chi connectivity index (χ3n) is 5.50. The lowest BCUT2D eigenvalue weighted by Gasteiger charge is -2.32. The molecule has 0 radical (unpaired) electrons. The number of rotatable bonds is 7. The van der Waals surface area contributed by atoms with Crippen LogP contribution < -0.4 is 5.32 Å². The molecule has 0 aliphatic carbocycles. The van der Waals surface area contributed by atoms with E-state index in [0.717, 1.165) is 50.0 Å². The number of carbonyl (C=O) groups excluding carboxylic acids is 1. The normalized spacial score (nSPS) is 17.7. The van der Waals surface area contributed by atoms with Gasteiger partial charge in [-0.2, -0.15) is 13.2 Å². The summed E-state index contributed by atoms with van der Waals surface area (Å²) >= 11 is 0. The Kier molecular flexibility index (Phi) is 7.48. The Bertz CT molecular complexity index is 836. The standard InChI is InChI=1S/C23H26F4N2O/c24-21-6-2-1-5-19(21)14-28-22(30)12-9-17-4-3-13-29(15-17)16-18-7-10-20(11-8-18)23(25,26)27/h1-2,5-8,10-11,17H,3-4,9,12-16H2,(H,28,30). The minimum absolute atomic E-state index is 0.0990. The van der Waals surface area contributed by atoms with Gasteiger partial charge in [-0.3, -0.25) is 9.69 Å². The molecule has 1 unspecified atom stereocenters. The number of hydrogen-bond acceptors (Lipinski definition) is 2. The largest absolute Gasteiger partial charge is 0.416 e. The van der Waals surface area contributed by atoms with Crippen LogP contribution >= 0.6 is 0 Å². The van der Waals surface area contributed by atoms with E-state index in [1.165, 1.54) is 18.2 Å². The summed E-state index contributed by atoms with van der Waals surface area (Å²) in [6.07, 6.45) is -1.16. The Morgan fingerprint density at radius 1 is 1.10 bits per heavy atom. The van der Waals surface area contributed by atoms with E-state index in [9.17, 15) is 22.4 Å². The number of likely N-dealkylation sites (tertiary alicyclic amines) is 1. The van der Waals surface area contributed by atoms with E-state index >= 15 is 0 Å². The van der Waals surface area contributed by atoms with Crippen molar-refractivity contribution in [2.75, 3.05) is 13.1 Å². The highest BCUT2D eigenvalue weighted by atomic mass is 19.4. The van der Waals surface area contributed by atoms with Crippen LogP contribution in [0.3, 0.4) is 0 Å². The lowest BCUT2D eigenvalue weighted by molar-refractivity contribution is -0.137. The SMILES string of the molecule is O=C(CCC1CCCN(Cc2ccc(C(F)(F)F)cc2)C1)NCc1ccccc1F. The van der Waals surface area contributed by atoms with Crippen molar-refractivity contribution in [3.8, 4) is 0 Å². The Hall–Kier alpha value is -2.41. The summed E-state index contributed by atoms with van der Waals surface area (Å²) in [7, 11) is 0. The molecule has 3 rings (SSSR count). The Balaban J connectivity index is 1.42. The molecule has 1 atom stereocenters. The first kappa shape index (κ1) is 22.3. The average Bonchev–Trinajstić information content (AvgIpc) is 2.72. The zero-order valence-corrected chi connectivity index (χ0v) is 16.7. The highest BCUT2D eigenvalue weighted by Crippen LogP contribution is 2.29. The van der Waals surface area contributed by atoms with Crippen LogP contribution in [0.1, 0.15) is 42.4 Å². The monoisotopic (exact) mass is 422 g/mol. The number of amides is 1. The van der Waals surface area contributed by atoms with Crippen molar-refractivity contribution in [1.82, 2.24) is 10.2 Å². The molecule has 1 aliphatic heterocycles. The molecular formula is C23H26F4N2O. The molecule has 2 aromatic rings. The summed E-state index contributed by atoms with van der Waals surface area (Å²) in [5.74, 6) is -0.0606. The minimum atomic E-state index is -4.32. The number of benzene rings is 2. The van der Waals surface area contributed by atoms with Crippen LogP contribution in [-0.4, -0.2) is 23.9 Å². The predicted molar refractivity (Wildman–Crippen MR) is 107 cm³/mol.